The molecule has 0 aromatic heterocycles. The van der Waals surface area contributed by atoms with E-state index >= 15 is 0 Å². The number of hydrogen-bond donors (Lipinski definition) is 0. The molecule has 0 spiro atoms. The lowest BCUT2D eigenvalue weighted by Crippen LogP contribution is -2.59. The van der Waals surface area contributed by atoms with Crippen LogP contribution >= 0.6 is 0 Å². The number of hydrogen-bond acceptors (Lipinski definition) is 8. The second-order valence-corrected chi connectivity index (χ2v) is 8.15. The Morgan fingerprint density at radius 1 is 1.17 bits per heavy atom. The zero-order valence-corrected chi connectivity index (χ0v) is 17.1. The highest BCUT2D eigenvalue weighted by Gasteiger charge is 2.61. The third-order valence-corrected chi connectivity index (χ3v) is 6.15. The molecule has 2 fully saturated rings. The minimum Gasteiger partial charge on any atom is -0.461 e. The third-order valence-electron chi connectivity index (χ3n) is 6.15. The summed E-state index contributed by atoms with van der Waals surface area (Å²) in [6.07, 6.45) is 0.757. The van der Waals surface area contributed by atoms with Gasteiger partial charge in [-0.05, 0) is 24.5 Å². The van der Waals surface area contributed by atoms with Crippen molar-refractivity contribution < 1.29 is 38.1 Å². The van der Waals surface area contributed by atoms with Gasteiger partial charge in [-0.1, -0.05) is 13.5 Å². The molecular formula is C21H26O8. The highest BCUT2D eigenvalue weighted by Crippen LogP contribution is 2.57. The van der Waals surface area contributed by atoms with Crippen LogP contribution in [0.25, 0.3) is 0 Å². The smallest absolute Gasteiger partial charge is 0.334 e. The number of ether oxygens (including phenoxy) is 4. The van der Waals surface area contributed by atoms with E-state index < -0.39 is 47.6 Å². The zero-order valence-electron chi connectivity index (χ0n) is 17.1. The Morgan fingerprint density at radius 3 is 2.41 bits per heavy atom. The molecule has 1 aliphatic heterocycles. The molecular weight excluding hydrogens is 380 g/mol. The predicted octanol–water partition coefficient (Wildman–Crippen LogP) is 1.87. The molecule has 0 aromatic carbocycles. The Labute approximate surface area is 169 Å². The third kappa shape index (κ3) is 3.80. The van der Waals surface area contributed by atoms with Gasteiger partial charge in [0.15, 0.2) is 6.10 Å². The van der Waals surface area contributed by atoms with Gasteiger partial charge in [0, 0.05) is 43.6 Å². The van der Waals surface area contributed by atoms with Crippen molar-refractivity contribution in [3.63, 3.8) is 0 Å². The van der Waals surface area contributed by atoms with Gasteiger partial charge in [-0.2, -0.15) is 0 Å². The predicted molar refractivity (Wildman–Crippen MR) is 99.2 cm³/mol. The van der Waals surface area contributed by atoms with Crippen LogP contribution in [-0.4, -0.2) is 48.8 Å². The van der Waals surface area contributed by atoms with Gasteiger partial charge in [-0.25, -0.2) is 4.79 Å². The molecule has 1 saturated heterocycles. The van der Waals surface area contributed by atoms with Gasteiger partial charge in [0.2, 0.25) is 0 Å². The van der Waals surface area contributed by atoms with Crippen LogP contribution in [0.1, 0.15) is 40.5 Å². The fourth-order valence-electron chi connectivity index (χ4n) is 4.99. The summed E-state index contributed by atoms with van der Waals surface area (Å²) in [6.45, 7) is 9.63. The van der Waals surface area contributed by atoms with Crippen molar-refractivity contribution in [2.45, 2.75) is 58.8 Å². The fourth-order valence-corrected chi connectivity index (χ4v) is 4.99. The standard InChI is InChI=1S/C21H26O8/c1-10-15-6-7-21(5)17(18(15)29-20(10)25)14(9-26-11(2)22)8-16(27-12(3)23)19(21)28-13(4)24/h8,15-19H,1,6-7,9H2,2-5H3/t15-,16+,17+,18-,19-,21+/m0/s1. The molecule has 8 heteroatoms. The van der Waals surface area contributed by atoms with Crippen LogP contribution in [0.15, 0.2) is 23.8 Å². The number of rotatable bonds is 4. The topological polar surface area (TPSA) is 105 Å². The van der Waals surface area contributed by atoms with Crippen molar-refractivity contribution in [1.29, 1.82) is 0 Å². The monoisotopic (exact) mass is 406 g/mol. The van der Waals surface area contributed by atoms with Crippen LogP contribution in [-0.2, 0) is 38.1 Å². The summed E-state index contributed by atoms with van der Waals surface area (Å²) in [5.74, 6) is -2.46. The van der Waals surface area contributed by atoms with Crippen molar-refractivity contribution in [2.75, 3.05) is 6.61 Å². The van der Waals surface area contributed by atoms with Gasteiger partial charge in [-0.3, -0.25) is 14.4 Å². The van der Waals surface area contributed by atoms with E-state index in [1.165, 1.54) is 20.8 Å². The van der Waals surface area contributed by atoms with Crippen LogP contribution in [0.4, 0.5) is 0 Å². The van der Waals surface area contributed by atoms with Crippen molar-refractivity contribution in [1.82, 2.24) is 0 Å². The highest BCUT2D eigenvalue weighted by atomic mass is 16.6. The van der Waals surface area contributed by atoms with Crippen molar-refractivity contribution >= 4 is 23.9 Å². The average Bonchev–Trinajstić information content (AvgIpc) is 2.89. The maximum atomic E-state index is 12.2. The van der Waals surface area contributed by atoms with Gasteiger partial charge in [0.1, 0.15) is 18.8 Å². The maximum Gasteiger partial charge on any atom is 0.334 e. The zero-order chi connectivity index (χ0) is 21.5. The number of carbonyl (C=O) groups excluding carboxylic acids is 4. The minimum absolute atomic E-state index is 0.0343. The number of fused-ring (bicyclic) bond motifs is 3. The van der Waals surface area contributed by atoms with Crippen LogP contribution < -0.4 is 0 Å². The first kappa shape index (κ1) is 21.1. The maximum absolute atomic E-state index is 12.2. The molecule has 0 aromatic rings. The second-order valence-electron chi connectivity index (χ2n) is 8.15. The van der Waals surface area contributed by atoms with Crippen molar-refractivity contribution in [3.8, 4) is 0 Å². The first-order valence-electron chi connectivity index (χ1n) is 9.62. The Hall–Kier alpha value is -2.64. The molecule has 6 atom stereocenters. The Kier molecular flexibility index (Phi) is 5.56. The summed E-state index contributed by atoms with van der Waals surface area (Å²) >= 11 is 0. The summed E-state index contributed by atoms with van der Waals surface area (Å²) < 4.78 is 22.0. The summed E-state index contributed by atoms with van der Waals surface area (Å²) in [5, 5.41) is 0. The quantitative estimate of drug-likeness (QED) is 0.302. The van der Waals surface area contributed by atoms with Gasteiger partial charge in [0.05, 0.1) is 0 Å². The molecule has 0 radical (unpaired) electrons. The Balaban J connectivity index is 2.08. The van der Waals surface area contributed by atoms with E-state index in [4.69, 9.17) is 18.9 Å². The van der Waals surface area contributed by atoms with Crippen molar-refractivity contribution in [3.05, 3.63) is 23.8 Å². The van der Waals surface area contributed by atoms with E-state index in [0.717, 1.165) is 0 Å². The molecule has 2 aliphatic carbocycles. The largest absolute Gasteiger partial charge is 0.461 e. The highest BCUT2D eigenvalue weighted by molar-refractivity contribution is 5.91. The van der Waals surface area contributed by atoms with E-state index in [1.807, 2.05) is 6.92 Å². The molecule has 3 rings (SSSR count). The molecule has 158 valence electrons. The molecule has 8 nitrogen and oxygen atoms in total. The van der Waals surface area contributed by atoms with E-state index in [1.54, 1.807) is 6.08 Å². The SMILES string of the molecule is C=C1C(=O)O[C@@H]2[C@H]3C(COC(C)=O)=C[C@@H](OC(C)=O)[C@H](OC(C)=O)[C@]3(C)CC[C@@H]12. The Bertz CT molecular complexity index is 797. The summed E-state index contributed by atoms with van der Waals surface area (Å²) in [4.78, 5) is 47.1. The molecule has 0 unspecified atom stereocenters. The van der Waals surface area contributed by atoms with E-state index in [0.29, 0.717) is 24.0 Å². The van der Waals surface area contributed by atoms with E-state index in [-0.39, 0.29) is 18.4 Å². The lowest BCUT2D eigenvalue weighted by Gasteiger charge is -2.53. The first-order chi connectivity index (χ1) is 13.5. The minimum atomic E-state index is -0.833. The van der Waals surface area contributed by atoms with Gasteiger partial charge >= 0.3 is 23.9 Å². The van der Waals surface area contributed by atoms with Crippen LogP contribution in [0.3, 0.4) is 0 Å². The lowest BCUT2D eigenvalue weighted by molar-refractivity contribution is -0.189. The molecule has 1 saturated carbocycles. The Morgan fingerprint density at radius 2 is 1.83 bits per heavy atom. The first-order valence-corrected chi connectivity index (χ1v) is 9.62. The average molecular weight is 406 g/mol. The summed E-state index contributed by atoms with van der Waals surface area (Å²) in [7, 11) is 0. The number of carbonyl (C=O) groups is 4. The molecule has 3 aliphatic rings. The summed E-state index contributed by atoms with van der Waals surface area (Å²) in [5.41, 5.74) is 0.409. The summed E-state index contributed by atoms with van der Waals surface area (Å²) in [6, 6.07) is 0. The molecule has 29 heavy (non-hydrogen) atoms. The van der Waals surface area contributed by atoms with Gasteiger partial charge in [-0.15, -0.1) is 0 Å². The van der Waals surface area contributed by atoms with E-state index in [2.05, 4.69) is 6.58 Å². The second kappa shape index (κ2) is 7.65. The molecule has 1 heterocycles. The van der Waals surface area contributed by atoms with Crippen LogP contribution in [0, 0.1) is 17.3 Å². The van der Waals surface area contributed by atoms with Crippen molar-refractivity contribution in [2.24, 2.45) is 17.3 Å². The van der Waals surface area contributed by atoms with Gasteiger partial charge in [0.25, 0.3) is 0 Å². The normalized spacial score (nSPS) is 35.6. The van der Waals surface area contributed by atoms with E-state index in [9.17, 15) is 19.2 Å². The molecule has 0 amide bonds. The molecule has 0 bridgehead atoms. The lowest BCUT2D eigenvalue weighted by atomic mass is 9.54. The van der Waals surface area contributed by atoms with Gasteiger partial charge < -0.3 is 18.9 Å². The fraction of sp³-hybridized carbons (Fsp3) is 0.619. The molecule has 0 N–H and O–H groups in total. The van der Waals surface area contributed by atoms with Crippen LogP contribution in [0.5, 0.6) is 0 Å². The number of esters is 4. The van der Waals surface area contributed by atoms with Crippen LogP contribution in [0.2, 0.25) is 0 Å².